The summed E-state index contributed by atoms with van der Waals surface area (Å²) < 4.78 is 0. The molecule has 0 spiro atoms. The highest BCUT2D eigenvalue weighted by atomic mass is 15.3. The standard InChI is InChI=1S/C14H27N3/c15-7-6-14(4-5-14)12-16-8-2-10-17-9-1-3-13(17)11-16/h13H,1-12,15H2. The lowest BCUT2D eigenvalue weighted by Gasteiger charge is -2.29. The first-order valence-electron chi connectivity index (χ1n) is 7.48. The molecule has 2 heterocycles. The second-order valence-corrected chi connectivity index (χ2v) is 6.46. The molecule has 0 bridgehead atoms. The van der Waals surface area contributed by atoms with Crippen LogP contribution in [0.3, 0.4) is 0 Å². The lowest BCUT2D eigenvalue weighted by molar-refractivity contribution is 0.187. The van der Waals surface area contributed by atoms with Crippen LogP contribution in [0.25, 0.3) is 0 Å². The van der Waals surface area contributed by atoms with Crippen molar-refractivity contribution in [2.24, 2.45) is 11.1 Å². The van der Waals surface area contributed by atoms with Crippen molar-refractivity contribution in [3.05, 3.63) is 0 Å². The van der Waals surface area contributed by atoms with E-state index in [2.05, 4.69) is 9.80 Å². The Balaban J connectivity index is 1.56. The highest BCUT2D eigenvalue weighted by Crippen LogP contribution is 2.49. The maximum atomic E-state index is 5.75. The topological polar surface area (TPSA) is 32.5 Å². The Morgan fingerprint density at radius 3 is 2.71 bits per heavy atom. The molecule has 0 aromatic heterocycles. The van der Waals surface area contributed by atoms with Crippen LogP contribution in [0, 0.1) is 5.41 Å². The second-order valence-electron chi connectivity index (χ2n) is 6.46. The van der Waals surface area contributed by atoms with Gasteiger partial charge in [-0.1, -0.05) is 0 Å². The van der Waals surface area contributed by atoms with Crippen molar-refractivity contribution in [1.82, 2.24) is 9.80 Å². The number of nitrogens with zero attached hydrogens (tertiary/aromatic N) is 2. The Kier molecular flexibility index (Phi) is 3.42. The van der Waals surface area contributed by atoms with Crippen molar-refractivity contribution < 1.29 is 0 Å². The van der Waals surface area contributed by atoms with Crippen LogP contribution in [0.15, 0.2) is 0 Å². The van der Waals surface area contributed by atoms with Crippen molar-refractivity contribution >= 4 is 0 Å². The van der Waals surface area contributed by atoms with E-state index in [4.69, 9.17) is 5.73 Å². The van der Waals surface area contributed by atoms with E-state index in [0.29, 0.717) is 5.41 Å². The summed E-state index contributed by atoms with van der Waals surface area (Å²) in [6.07, 6.45) is 8.32. The maximum absolute atomic E-state index is 5.75. The minimum absolute atomic E-state index is 0.628. The van der Waals surface area contributed by atoms with Crippen molar-refractivity contribution in [2.75, 3.05) is 39.3 Å². The third-order valence-electron chi connectivity index (χ3n) is 5.08. The van der Waals surface area contributed by atoms with Crippen molar-refractivity contribution in [3.63, 3.8) is 0 Å². The maximum Gasteiger partial charge on any atom is 0.0223 e. The Morgan fingerprint density at radius 1 is 1.12 bits per heavy atom. The molecular weight excluding hydrogens is 210 g/mol. The Labute approximate surface area is 105 Å². The van der Waals surface area contributed by atoms with E-state index in [1.165, 1.54) is 71.2 Å². The molecule has 3 heteroatoms. The monoisotopic (exact) mass is 237 g/mol. The van der Waals surface area contributed by atoms with E-state index >= 15 is 0 Å². The summed E-state index contributed by atoms with van der Waals surface area (Å²) in [5.74, 6) is 0. The van der Waals surface area contributed by atoms with Crippen LogP contribution in [0.4, 0.5) is 0 Å². The Hall–Kier alpha value is -0.120. The molecule has 98 valence electrons. The van der Waals surface area contributed by atoms with Crippen molar-refractivity contribution in [2.45, 2.75) is 44.6 Å². The summed E-state index contributed by atoms with van der Waals surface area (Å²) in [6.45, 7) is 7.54. The molecule has 1 atom stereocenters. The molecule has 1 saturated carbocycles. The first kappa shape index (κ1) is 11.9. The van der Waals surface area contributed by atoms with Gasteiger partial charge in [-0.25, -0.2) is 0 Å². The van der Waals surface area contributed by atoms with Crippen LogP contribution in [0.5, 0.6) is 0 Å². The van der Waals surface area contributed by atoms with E-state index in [9.17, 15) is 0 Å². The molecular formula is C14H27N3. The van der Waals surface area contributed by atoms with Gasteiger partial charge in [-0.15, -0.1) is 0 Å². The number of rotatable bonds is 4. The summed E-state index contributed by atoms with van der Waals surface area (Å²) >= 11 is 0. The molecule has 2 aliphatic heterocycles. The van der Waals surface area contributed by atoms with Gasteiger partial charge in [-0.05, 0) is 70.1 Å². The highest BCUT2D eigenvalue weighted by Gasteiger charge is 2.43. The fourth-order valence-corrected chi connectivity index (χ4v) is 3.87. The van der Waals surface area contributed by atoms with Gasteiger partial charge in [0.2, 0.25) is 0 Å². The summed E-state index contributed by atoms with van der Waals surface area (Å²) in [5.41, 5.74) is 6.38. The average Bonchev–Trinajstić information content (AvgIpc) is 2.97. The summed E-state index contributed by atoms with van der Waals surface area (Å²) in [4.78, 5) is 5.47. The van der Waals surface area contributed by atoms with E-state index in [0.717, 1.165) is 12.6 Å². The molecule has 0 radical (unpaired) electrons. The molecule has 0 aromatic rings. The fraction of sp³-hybridized carbons (Fsp3) is 1.00. The van der Waals surface area contributed by atoms with Gasteiger partial charge in [0.1, 0.15) is 0 Å². The second kappa shape index (κ2) is 4.87. The average molecular weight is 237 g/mol. The minimum Gasteiger partial charge on any atom is -0.330 e. The fourth-order valence-electron chi connectivity index (χ4n) is 3.87. The van der Waals surface area contributed by atoms with Gasteiger partial charge >= 0.3 is 0 Å². The zero-order valence-corrected chi connectivity index (χ0v) is 11.0. The van der Waals surface area contributed by atoms with E-state index < -0.39 is 0 Å². The third kappa shape index (κ3) is 2.67. The zero-order chi connectivity index (χ0) is 11.7. The SMILES string of the molecule is NCCC1(CN2CCCN3CCCC3C2)CC1. The molecule has 0 aromatic carbocycles. The van der Waals surface area contributed by atoms with Crippen LogP contribution >= 0.6 is 0 Å². The predicted molar refractivity (Wildman–Crippen MR) is 71.0 cm³/mol. The molecule has 3 fully saturated rings. The van der Waals surface area contributed by atoms with Gasteiger partial charge in [-0.3, -0.25) is 4.90 Å². The van der Waals surface area contributed by atoms with Crippen molar-refractivity contribution in [3.8, 4) is 0 Å². The third-order valence-corrected chi connectivity index (χ3v) is 5.08. The lowest BCUT2D eigenvalue weighted by atomic mass is 10.0. The van der Waals surface area contributed by atoms with Gasteiger partial charge < -0.3 is 10.6 Å². The molecule has 1 aliphatic carbocycles. The first-order valence-corrected chi connectivity index (χ1v) is 7.48. The minimum atomic E-state index is 0.628. The van der Waals surface area contributed by atoms with Crippen molar-refractivity contribution in [1.29, 1.82) is 0 Å². The number of nitrogens with two attached hydrogens (primary N) is 1. The van der Waals surface area contributed by atoms with E-state index in [1.54, 1.807) is 0 Å². The molecule has 2 N–H and O–H groups in total. The molecule has 2 saturated heterocycles. The normalized spacial score (nSPS) is 33.4. The summed E-state index contributed by atoms with van der Waals surface area (Å²) in [5, 5.41) is 0. The molecule has 3 rings (SSSR count). The van der Waals surface area contributed by atoms with E-state index in [1.807, 2.05) is 0 Å². The Bertz CT molecular complexity index is 262. The molecule has 3 aliphatic rings. The van der Waals surface area contributed by atoms with E-state index in [-0.39, 0.29) is 0 Å². The molecule has 0 amide bonds. The lowest BCUT2D eigenvalue weighted by Crippen LogP contribution is -2.39. The first-order chi connectivity index (χ1) is 8.31. The van der Waals surface area contributed by atoms with Crippen LogP contribution in [-0.4, -0.2) is 55.1 Å². The molecule has 17 heavy (non-hydrogen) atoms. The van der Waals surface area contributed by atoms with Gasteiger partial charge in [0, 0.05) is 19.1 Å². The Morgan fingerprint density at radius 2 is 1.94 bits per heavy atom. The zero-order valence-electron chi connectivity index (χ0n) is 11.0. The smallest absolute Gasteiger partial charge is 0.0223 e. The summed E-state index contributed by atoms with van der Waals surface area (Å²) in [7, 11) is 0. The highest BCUT2D eigenvalue weighted by molar-refractivity contribution is 4.97. The molecule has 1 unspecified atom stereocenters. The van der Waals surface area contributed by atoms with Gasteiger partial charge in [0.05, 0.1) is 0 Å². The quantitative estimate of drug-likeness (QED) is 0.799. The van der Waals surface area contributed by atoms with Crippen LogP contribution < -0.4 is 5.73 Å². The van der Waals surface area contributed by atoms with Gasteiger partial charge in [-0.2, -0.15) is 0 Å². The molecule has 3 nitrogen and oxygen atoms in total. The van der Waals surface area contributed by atoms with Crippen LogP contribution in [-0.2, 0) is 0 Å². The number of hydrogen-bond acceptors (Lipinski definition) is 3. The van der Waals surface area contributed by atoms with Crippen LogP contribution in [0.2, 0.25) is 0 Å². The van der Waals surface area contributed by atoms with Gasteiger partial charge in [0.15, 0.2) is 0 Å². The summed E-state index contributed by atoms with van der Waals surface area (Å²) in [6, 6.07) is 0.867. The number of fused-ring (bicyclic) bond motifs is 1. The largest absolute Gasteiger partial charge is 0.330 e. The van der Waals surface area contributed by atoms with Gasteiger partial charge in [0.25, 0.3) is 0 Å². The van der Waals surface area contributed by atoms with Crippen LogP contribution in [0.1, 0.15) is 38.5 Å². The number of hydrogen-bond donors (Lipinski definition) is 1. The predicted octanol–water partition coefficient (Wildman–Crippen LogP) is 1.29.